The van der Waals surface area contributed by atoms with Crippen LogP contribution < -0.4 is 15.5 Å². The van der Waals surface area contributed by atoms with Gasteiger partial charge in [0.25, 0.3) is 5.91 Å². The van der Waals surface area contributed by atoms with Crippen molar-refractivity contribution in [2.45, 2.75) is 25.8 Å². The highest BCUT2D eigenvalue weighted by Gasteiger charge is 2.34. The Labute approximate surface area is 208 Å². The Bertz CT molecular complexity index is 1230. The molecule has 0 bridgehead atoms. The van der Waals surface area contributed by atoms with Crippen LogP contribution in [0.25, 0.3) is 0 Å². The van der Waals surface area contributed by atoms with E-state index in [0.717, 1.165) is 29.1 Å². The molecule has 180 valence electrons. The maximum absolute atomic E-state index is 13.7. The van der Waals surface area contributed by atoms with Crippen molar-refractivity contribution in [1.29, 1.82) is 0 Å². The Kier molecular flexibility index (Phi) is 6.66. The molecular formula is C27H28N4O3S. The van der Waals surface area contributed by atoms with Gasteiger partial charge in [0, 0.05) is 36.6 Å². The van der Waals surface area contributed by atoms with Gasteiger partial charge in [0.2, 0.25) is 11.8 Å². The number of amides is 3. The fourth-order valence-electron chi connectivity index (χ4n) is 4.68. The van der Waals surface area contributed by atoms with Crippen LogP contribution in [0.4, 0.5) is 11.4 Å². The van der Waals surface area contributed by atoms with Gasteiger partial charge in [0.15, 0.2) is 0 Å². The van der Waals surface area contributed by atoms with Crippen LogP contribution in [0.15, 0.2) is 60.0 Å². The van der Waals surface area contributed by atoms with E-state index in [1.54, 1.807) is 23.1 Å². The van der Waals surface area contributed by atoms with Crippen LogP contribution >= 0.6 is 11.3 Å². The molecule has 0 radical (unpaired) electrons. The van der Waals surface area contributed by atoms with Crippen LogP contribution in [0.1, 0.15) is 38.8 Å². The second kappa shape index (κ2) is 10.0. The Morgan fingerprint density at radius 3 is 2.54 bits per heavy atom. The zero-order valence-corrected chi connectivity index (χ0v) is 20.4. The molecule has 7 nitrogen and oxygen atoms in total. The van der Waals surface area contributed by atoms with Crippen molar-refractivity contribution in [3.63, 3.8) is 0 Å². The van der Waals surface area contributed by atoms with Gasteiger partial charge in [0.05, 0.1) is 30.3 Å². The molecule has 2 aromatic carbocycles. The Hall–Kier alpha value is -3.49. The summed E-state index contributed by atoms with van der Waals surface area (Å²) in [4.78, 5) is 44.3. The first kappa shape index (κ1) is 23.3. The minimum atomic E-state index is -0.445. The van der Waals surface area contributed by atoms with Gasteiger partial charge in [-0.05, 0) is 42.1 Å². The fraction of sp³-hybridized carbons (Fsp3) is 0.296. The van der Waals surface area contributed by atoms with Crippen molar-refractivity contribution in [1.82, 2.24) is 10.2 Å². The minimum Gasteiger partial charge on any atom is -0.336 e. The average Bonchev–Trinajstić information content (AvgIpc) is 3.32. The summed E-state index contributed by atoms with van der Waals surface area (Å²) in [5, 5.41) is 8.17. The highest BCUT2D eigenvalue weighted by atomic mass is 32.1. The number of thiophene rings is 1. The average molecular weight is 489 g/mol. The predicted octanol–water partition coefficient (Wildman–Crippen LogP) is 3.76. The molecule has 3 aromatic rings. The normalized spacial score (nSPS) is 18.0. The molecule has 1 fully saturated rings. The smallest absolute Gasteiger partial charge is 0.254 e. The number of nitrogens with one attached hydrogen (secondary N) is 2. The van der Waals surface area contributed by atoms with Crippen molar-refractivity contribution in [3.8, 4) is 0 Å². The molecule has 2 N–H and O–H groups in total. The number of fused-ring (bicyclic) bond motifs is 1. The summed E-state index contributed by atoms with van der Waals surface area (Å²) in [5.41, 5.74) is 3.62. The van der Waals surface area contributed by atoms with Crippen molar-refractivity contribution in [3.05, 3.63) is 81.5 Å². The molecular weight excluding hydrogens is 460 g/mol. The molecule has 1 saturated heterocycles. The van der Waals surface area contributed by atoms with Gasteiger partial charge in [-0.1, -0.05) is 35.9 Å². The number of aryl methyl sites for hydroxylation is 1. The molecule has 3 amide bonds. The standard InChI is InChI=1S/C27H28N4O3S/c1-18-4-6-19(7-5-18)24-17-25(32)29-22-15-20(27(34)30-12-10-28-11-13-30)8-9-23(22)31(24)26(33)16-21-3-2-14-35-21/h2-9,14-15,24,28H,10-13,16-17H2,1H3,(H,29,32). The third-order valence-electron chi connectivity index (χ3n) is 6.51. The highest BCUT2D eigenvalue weighted by Crippen LogP contribution is 2.39. The van der Waals surface area contributed by atoms with Crippen LogP contribution in [-0.4, -0.2) is 48.8 Å². The van der Waals surface area contributed by atoms with E-state index in [2.05, 4.69) is 10.6 Å². The summed E-state index contributed by atoms with van der Waals surface area (Å²) in [5.74, 6) is -0.341. The second-order valence-corrected chi connectivity index (χ2v) is 10.0. The van der Waals surface area contributed by atoms with Gasteiger partial charge in [-0.25, -0.2) is 0 Å². The van der Waals surface area contributed by atoms with Gasteiger partial charge in [-0.3, -0.25) is 14.4 Å². The number of nitrogens with zero attached hydrogens (tertiary/aromatic N) is 2. The van der Waals surface area contributed by atoms with Crippen LogP contribution in [-0.2, 0) is 16.0 Å². The van der Waals surface area contributed by atoms with Gasteiger partial charge < -0.3 is 20.4 Å². The SMILES string of the molecule is Cc1ccc(C2CC(=O)Nc3cc(C(=O)N4CCNCC4)ccc3N2C(=O)Cc2cccs2)cc1. The van der Waals surface area contributed by atoms with Crippen LogP contribution in [0.3, 0.4) is 0 Å². The monoisotopic (exact) mass is 488 g/mol. The number of benzene rings is 2. The molecule has 35 heavy (non-hydrogen) atoms. The molecule has 0 saturated carbocycles. The van der Waals surface area contributed by atoms with E-state index in [1.807, 2.05) is 53.6 Å². The van der Waals surface area contributed by atoms with Crippen molar-refractivity contribution < 1.29 is 14.4 Å². The molecule has 2 aliphatic heterocycles. The number of hydrogen-bond donors (Lipinski definition) is 2. The lowest BCUT2D eigenvalue weighted by Gasteiger charge is -2.31. The van der Waals surface area contributed by atoms with Crippen molar-refractivity contribution in [2.24, 2.45) is 0 Å². The summed E-state index contributed by atoms with van der Waals surface area (Å²) in [7, 11) is 0. The molecule has 0 spiro atoms. The molecule has 1 aromatic heterocycles. The summed E-state index contributed by atoms with van der Waals surface area (Å²) in [6, 6.07) is 16.6. The summed E-state index contributed by atoms with van der Waals surface area (Å²) >= 11 is 1.54. The zero-order chi connectivity index (χ0) is 24.4. The summed E-state index contributed by atoms with van der Waals surface area (Å²) < 4.78 is 0. The third kappa shape index (κ3) is 4.99. The predicted molar refractivity (Wildman–Crippen MR) is 138 cm³/mol. The Morgan fingerprint density at radius 2 is 1.83 bits per heavy atom. The van der Waals surface area contributed by atoms with Gasteiger partial charge in [-0.2, -0.15) is 0 Å². The quantitative estimate of drug-likeness (QED) is 0.586. The van der Waals surface area contributed by atoms with E-state index >= 15 is 0 Å². The van der Waals surface area contributed by atoms with Gasteiger partial charge >= 0.3 is 0 Å². The molecule has 0 aliphatic carbocycles. The maximum Gasteiger partial charge on any atom is 0.254 e. The summed E-state index contributed by atoms with van der Waals surface area (Å²) in [6.45, 7) is 4.81. The van der Waals surface area contributed by atoms with Crippen LogP contribution in [0.5, 0.6) is 0 Å². The molecule has 2 aliphatic rings. The van der Waals surface area contributed by atoms with Gasteiger partial charge in [-0.15, -0.1) is 11.3 Å². The van der Waals surface area contributed by atoms with E-state index in [9.17, 15) is 14.4 Å². The first-order valence-electron chi connectivity index (χ1n) is 11.8. The molecule has 1 atom stereocenters. The number of carbonyl (C=O) groups excluding carboxylic acids is 3. The number of piperazine rings is 1. The number of hydrogen-bond acceptors (Lipinski definition) is 5. The van der Waals surface area contributed by atoms with Crippen molar-refractivity contribution >= 4 is 40.4 Å². The maximum atomic E-state index is 13.7. The molecule has 8 heteroatoms. The number of rotatable bonds is 4. The Morgan fingerprint density at radius 1 is 1.06 bits per heavy atom. The molecule has 3 heterocycles. The second-order valence-electron chi connectivity index (χ2n) is 8.97. The van der Waals surface area contributed by atoms with E-state index < -0.39 is 6.04 Å². The fourth-order valence-corrected chi connectivity index (χ4v) is 5.37. The molecule has 5 rings (SSSR count). The summed E-state index contributed by atoms with van der Waals surface area (Å²) in [6.07, 6.45) is 0.379. The van der Waals surface area contributed by atoms with E-state index in [0.29, 0.717) is 30.0 Å². The lowest BCUT2D eigenvalue weighted by atomic mass is 9.99. The lowest BCUT2D eigenvalue weighted by molar-refractivity contribution is -0.119. The highest BCUT2D eigenvalue weighted by molar-refractivity contribution is 7.10. The topological polar surface area (TPSA) is 81.8 Å². The van der Waals surface area contributed by atoms with E-state index in [4.69, 9.17) is 0 Å². The van der Waals surface area contributed by atoms with Crippen LogP contribution in [0.2, 0.25) is 0 Å². The van der Waals surface area contributed by atoms with Crippen molar-refractivity contribution in [2.75, 3.05) is 36.4 Å². The Balaban J connectivity index is 1.55. The lowest BCUT2D eigenvalue weighted by Crippen LogP contribution is -2.46. The largest absolute Gasteiger partial charge is 0.336 e. The third-order valence-corrected chi connectivity index (χ3v) is 7.38. The number of anilines is 2. The number of carbonyl (C=O) groups is 3. The zero-order valence-electron chi connectivity index (χ0n) is 19.6. The van der Waals surface area contributed by atoms with E-state index in [1.165, 1.54) is 11.3 Å². The first-order chi connectivity index (χ1) is 17.0. The van der Waals surface area contributed by atoms with E-state index in [-0.39, 0.29) is 30.6 Å². The van der Waals surface area contributed by atoms with Crippen LogP contribution in [0, 0.1) is 6.92 Å². The molecule has 1 unspecified atom stereocenters. The minimum absolute atomic E-state index is 0.0701. The van der Waals surface area contributed by atoms with Gasteiger partial charge in [0.1, 0.15) is 0 Å². The first-order valence-corrected chi connectivity index (χ1v) is 12.7.